The Bertz CT molecular complexity index is 191. The molecule has 3 nitrogen and oxygen atoms in total. The van der Waals surface area contributed by atoms with E-state index in [0.29, 0.717) is 0 Å². The Morgan fingerprint density at radius 2 is 2.56 bits per heavy atom. The largest absolute Gasteiger partial charge is 0.507 e. The van der Waals surface area contributed by atoms with Crippen molar-refractivity contribution in [3.05, 3.63) is 24.4 Å². The van der Waals surface area contributed by atoms with Crippen molar-refractivity contribution >= 4 is 0 Å². The number of aliphatic hydroxyl groups excluding tert-OH is 1. The van der Waals surface area contributed by atoms with Crippen molar-refractivity contribution in [1.82, 2.24) is 5.32 Å². The number of aliphatic hydroxyl groups is 1. The van der Waals surface area contributed by atoms with Crippen LogP contribution in [-0.4, -0.2) is 17.2 Å². The van der Waals surface area contributed by atoms with Gasteiger partial charge in [-0.25, -0.2) is 0 Å². The van der Waals surface area contributed by atoms with E-state index in [-0.39, 0.29) is 11.3 Å². The van der Waals surface area contributed by atoms with E-state index in [1.165, 1.54) is 6.26 Å². The van der Waals surface area contributed by atoms with Crippen molar-refractivity contribution in [2.24, 2.45) is 0 Å². The summed E-state index contributed by atoms with van der Waals surface area (Å²) in [6.07, 6.45) is 4.72. The van der Waals surface area contributed by atoms with Gasteiger partial charge in [-0.3, -0.25) is 5.32 Å². The van der Waals surface area contributed by atoms with Gasteiger partial charge in [0.1, 0.15) is 11.8 Å². The minimum absolute atomic E-state index is 0.252. The van der Waals surface area contributed by atoms with Gasteiger partial charge in [0.05, 0.1) is 6.26 Å². The van der Waals surface area contributed by atoms with Crippen LogP contribution in [0.5, 0.6) is 0 Å². The van der Waals surface area contributed by atoms with E-state index in [4.69, 9.17) is 9.84 Å². The number of nitrogens with one attached hydrogen (secondary N) is 1. The van der Waals surface area contributed by atoms with Crippen LogP contribution in [0.25, 0.3) is 0 Å². The van der Waals surface area contributed by atoms with Crippen molar-refractivity contribution in [3.8, 4) is 0 Å². The zero-order chi connectivity index (χ0) is 6.32. The fourth-order valence-electron chi connectivity index (χ4n) is 0.844. The monoisotopic (exact) mass is 125 g/mol. The quantitative estimate of drug-likeness (QED) is 0.457. The average molecular weight is 125 g/mol. The van der Waals surface area contributed by atoms with Gasteiger partial charge < -0.3 is 9.84 Å². The van der Waals surface area contributed by atoms with Crippen LogP contribution in [0.4, 0.5) is 0 Å². The van der Waals surface area contributed by atoms with E-state index in [0.717, 1.165) is 6.54 Å². The van der Waals surface area contributed by atoms with Crippen molar-refractivity contribution < 1.29 is 9.84 Å². The van der Waals surface area contributed by atoms with Crippen LogP contribution < -0.4 is 5.32 Å². The molecule has 0 aromatic carbocycles. The molecule has 1 unspecified atom stereocenters. The number of hydrogen-bond donors (Lipinski definition) is 2. The summed E-state index contributed by atoms with van der Waals surface area (Å²) >= 11 is 0. The van der Waals surface area contributed by atoms with E-state index in [9.17, 15) is 0 Å². The summed E-state index contributed by atoms with van der Waals surface area (Å²) in [4.78, 5) is 0. The van der Waals surface area contributed by atoms with E-state index in [1.54, 1.807) is 6.26 Å². The van der Waals surface area contributed by atoms with Crippen LogP contribution in [0, 0.1) is 0 Å². The highest BCUT2D eigenvalue weighted by Gasteiger charge is 2.45. The SMILES string of the molecule is OC1=COC=CC12CN2. The second-order valence-electron chi connectivity index (χ2n) is 2.27. The molecule has 2 heterocycles. The summed E-state index contributed by atoms with van der Waals surface area (Å²) in [5.41, 5.74) is -0.252. The molecule has 1 fully saturated rings. The summed E-state index contributed by atoms with van der Waals surface area (Å²) in [5, 5.41) is 12.1. The molecule has 2 aliphatic rings. The van der Waals surface area contributed by atoms with Gasteiger partial charge in [-0.2, -0.15) is 0 Å². The van der Waals surface area contributed by atoms with E-state index in [1.807, 2.05) is 6.08 Å². The molecule has 2 N–H and O–H groups in total. The van der Waals surface area contributed by atoms with E-state index < -0.39 is 0 Å². The van der Waals surface area contributed by atoms with Crippen LogP contribution in [0.15, 0.2) is 24.4 Å². The molecule has 0 radical (unpaired) electrons. The molecule has 1 saturated heterocycles. The molecule has 0 amide bonds. The van der Waals surface area contributed by atoms with E-state index >= 15 is 0 Å². The second kappa shape index (κ2) is 1.30. The molecular formula is C6H7NO2. The molecule has 0 saturated carbocycles. The summed E-state index contributed by atoms with van der Waals surface area (Å²) in [6, 6.07) is 0. The molecule has 0 aromatic heterocycles. The fraction of sp³-hybridized carbons (Fsp3) is 0.333. The summed E-state index contributed by atoms with van der Waals surface area (Å²) in [5.74, 6) is 0.269. The Balaban J connectivity index is 2.30. The summed E-state index contributed by atoms with van der Waals surface area (Å²) in [6.45, 7) is 0.815. The molecule has 1 atom stereocenters. The predicted molar refractivity (Wildman–Crippen MR) is 31.7 cm³/mol. The predicted octanol–water partition coefficient (Wildman–Crippen LogP) is 0.272. The molecule has 2 aliphatic heterocycles. The number of hydrogen-bond acceptors (Lipinski definition) is 3. The minimum atomic E-state index is -0.252. The first-order valence-corrected chi connectivity index (χ1v) is 2.81. The molecular weight excluding hydrogens is 118 g/mol. The Hall–Kier alpha value is -0.960. The number of rotatable bonds is 0. The van der Waals surface area contributed by atoms with Crippen molar-refractivity contribution in [2.75, 3.05) is 6.54 Å². The van der Waals surface area contributed by atoms with Gasteiger partial charge in [0.15, 0.2) is 5.76 Å². The van der Waals surface area contributed by atoms with Gasteiger partial charge >= 0.3 is 0 Å². The Morgan fingerprint density at radius 3 is 3.00 bits per heavy atom. The zero-order valence-electron chi connectivity index (χ0n) is 4.79. The topological polar surface area (TPSA) is 51.4 Å². The Labute approximate surface area is 52.6 Å². The smallest absolute Gasteiger partial charge is 0.153 e. The second-order valence-corrected chi connectivity index (χ2v) is 2.27. The van der Waals surface area contributed by atoms with Gasteiger partial charge in [-0.1, -0.05) is 0 Å². The van der Waals surface area contributed by atoms with Crippen molar-refractivity contribution in [1.29, 1.82) is 0 Å². The van der Waals surface area contributed by atoms with Crippen LogP contribution in [-0.2, 0) is 4.74 Å². The minimum Gasteiger partial charge on any atom is -0.507 e. The molecule has 1 spiro atoms. The molecule has 48 valence electrons. The standard InChI is InChI=1S/C6H7NO2/c8-5-3-9-2-1-6(5)4-7-6/h1-3,7-8H,4H2. The zero-order valence-corrected chi connectivity index (χ0v) is 4.79. The van der Waals surface area contributed by atoms with Crippen LogP contribution in [0.3, 0.4) is 0 Å². The normalized spacial score (nSPS) is 38.0. The van der Waals surface area contributed by atoms with Gasteiger partial charge in [0.2, 0.25) is 0 Å². The summed E-state index contributed by atoms with van der Waals surface area (Å²) < 4.78 is 4.72. The third kappa shape index (κ3) is 0.549. The third-order valence-electron chi connectivity index (χ3n) is 1.63. The highest BCUT2D eigenvalue weighted by atomic mass is 16.5. The molecule has 0 bridgehead atoms. The molecule has 3 heteroatoms. The first kappa shape index (κ1) is 4.88. The fourth-order valence-corrected chi connectivity index (χ4v) is 0.844. The lowest BCUT2D eigenvalue weighted by Crippen LogP contribution is -2.17. The molecule has 0 aliphatic carbocycles. The van der Waals surface area contributed by atoms with E-state index in [2.05, 4.69) is 5.32 Å². The molecule has 2 rings (SSSR count). The molecule has 9 heavy (non-hydrogen) atoms. The van der Waals surface area contributed by atoms with Gasteiger partial charge in [-0.15, -0.1) is 0 Å². The lowest BCUT2D eigenvalue weighted by molar-refractivity contribution is 0.296. The highest BCUT2D eigenvalue weighted by Crippen LogP contribution is 2.28. The Morgan fingerprint density at radius 1 is 1.78 bits per heavy atom. The van der Waals surface area contributed by atoms with Crippen molar-refractivity contribution in [2.45, 2.75) is 5.54 Å². The van der Waals surface area contributed by atoms with Crippen molar-refractivity contribution in [3.63, 3.8) is 0 Å². The lowest BCUT2D eigenvalue weighted by atomic mass is 10.1. The maximum Gasteiger partial charge on any atom is 0.153 e. The number of ether oxygens (including phenoxy) is 1. The van der Waals surface area contributed by atoms with Crippen LogP contribution in [0.1, 0.15) is 0 Å². The highest BCUT2D eigenvalue weighted by molar-refractivity contribution is 5.33. The first-order chi connectivity index (χ1) is 4.33. The molecule has 0 aromatic rings. The van der Waals surface area contributed by atoms with Crippen LogP contribution >= 0.6 is 0 Å². The maximum absolute atomic E-state index is 9.12. The maximum atomic E-state index is 9.12. The first-order valence-electron chi connectivity index (χ1n) is 2.81. The van der Waals surface area contributed by atoms with Crippen LogP contribution in [0.2, 0.25) is 0 Å². The third-order valence-corrected chi connectivity index (χ3v) is 1.63. The Kier molecular flexibility index (Phi) is 0.706. The van der Waals surface area contributed by atoms with Gasteiger partial charge in [-0.05, 0) is 6.08 Å². The average Bonchev–Trinajstić information content (AvgIpc) is 2.60. The van der Waals surface area contributed by atoms with Gasteiger partial charge in [0.25, 0.3) is 0 Å². The lowest BCUT2D eigenvalue weighted by Gasteiger charge is -2.10. The van der Waals surface area contributed by atoms with Gasteiger partial charge in [0, 0.05) is 6.54 Å². The summed E-state index contributed by atoms with van der Waals surface area (Å²) in [7, 11) is 0.